The van der Waals surface area contributed by atoms with Crippen LogP contribution in [0.1, 0.15) is 36.2 Å². The Bertz CT molecular complexity index is 828. The second-order valence-corrected chi connectivity index (χ2v) is 7.06. The van der Waals surface area contributed by atoms with Crippen molar-refractivity contribution in [2.75, 3.05) is 0 Å². The number of cyclic esters (lactones) is 1. The average molecular weight is 379 g/mol. The zero-order chi connectivity index (χ0) is 19.1. The third kappa shape index (κ3) is 3.61. The van der Waals surface area contributed by atoms with E-state index in [9.17, 15) is 19.8 Å². The van der Waals surface area contributed by atoms with Gasteiger partial charge < -0.3 is 19.7 Å². The van der Waals surface area contributed by atoms with Crippen molar-refractivity contribution in [3.05, 3.63) is 46.5 Å². The van der Waals surface area contributed by atoms with Gasteiger partial charge in [0.1, 0.15) is 28.8 Å². The van der Waals surface area contributed by atoms with Crippen molar-refractivity contribution >= 4 is 23.4 Å². The second kappa shape index (κ2) is 6.78. The van der Waals surface area contributed by atoms with Crippen LogP contribution in [0.2, 0.25) is 5.02 Å². The molecule has 7 heteroatoms. The van der Waals surface area contributed by atoms with Crippen molar-refractivity contribution in [2.45, 2.75) is 44.5 Å². The summed E-state index contributed by atoms with van der Waals surface area (Å²) in [4.78, 5) is 24.8. The van der Waals surface area contributed by atoms with Crippen LogP contribution in [0.3, 0.4) is 0 Å². The number of allylic oxidation sites excluding steroid dienone is 3. The van der Waals surface area contributed by atoms with Gasteiger partial charge >= 0.3 is 5.97 Å². The predicted octanol–water partition coefficient (Wildman–Crippen LogP) is 3.08. The first-order valence-electron chi connectivity index (χ1n) is 8.22. The van der Waals surface area contributed by atoms with Crippen molar-refractivity contribution in [3.8, 4) is 11.5 Å². The van der Waals surface area contributed by atoms with Gasteiger partial charge in [-0.1, -0.05) is 29.8 Å². The zero-order valence-electron chi connectivity index (χ0n) is 14.4. The summed E-state index contributed by atoms with van der Waals surface area (Å²) in [6, 6.07) is 0.959. The van der Waals surface area contributed by atoms with Gasteiger partial charge in [0.2, 0.25) is 0 Å². The number of epoxide rings is 1. The first kappa shape index (κ1) is 18.5. The van der Waals surface area contributed by atoms with Gasteiger partial charge in [-0.05, 0) is 19.9 Å². The van der Waals surface area contributed by atoms with Gasteiger partial charge in [0.25, 0.3) is 0 Å². The Balaban J connectivity index is 2.02. The molecule has 0 unspecified atom stereocenters. The fourth-order valence-corrected chi connectivity index (χ4v) is 3.23. The molecule has 3 rings (SSSR count). The van der Waals surface area contributed by atoms with Crippen LogP contribution in [0, 0.1) is 0 Å². The van der Waals surface area contributed by atoms with Gasteiger partial charge in [-0.2, -0.15) is 0 Å². The highest BCUT2D eigenvalue weighted by Gasteiger charge is 2.50. The van der Waals surface area contributed by atoms with E-state index in [0.717, 1.165) is 6.07 Å². The van der Waals surface area contributed by atoms with E-state index < -0.39 is 29.2 Å². The number of hydrogen-bond donors (Lipinski definition) is 2. The maximum Gasteiger partial charge on any atom is 0.342 e. The summed E-state index contributed by atoms with van der Waals surface area (Å²) >= 11 is 6.07. The molecular weight excluding hydrogens is 360 g/mol. The molecule has 3 atom stereocenters. The van der Waals surface area contributed by atoms with Crippen LogP contribution < -0.4 is 0 Å². The Labute approximate surface area is 155 Å². The topological polar surface area (TPSA) is 96.4 Å². The van der Waals surface area contributed by atoms with E-state index in [1.165, 1.54) is 6.08 Å². The van der Waals surface area contributed by atoms with Gasteiger partial charge in [0.05, 0.1) is 11.1 Å². The van der Waals surface area contributed by atoms with Crippen LogP contribution in [-0.4, -0.2) is 39.8 Å². The summed E-state index contributed by atoms with van der Waals surface area (Å²) in [5.74, 6) is -2.06. The highest BCUT2D eigenvalue weighted by atomic mass is 35.5. The molecule has 2 N–H and O–H groups in total. The lowest BCUT2D eigenvalue weighted by atomic mass is 9.99. The zero-order valence-corrected chi connectivity index (χ0v) is 15.1. The van der Waals surface area contributed by atoms with Gasteiger partial charge in [-0.3, -0.25) is 4.79 Å². The number of aromatic hydroxyl groups is 2. The third-order valence-electron chi connectivity index (χ3n) is 4.53. The molecule has 0 saturated carbocycles. The van der Waals surface area contributed by atoms with E-state index in [-0.39, 0.29) is 34.5 Å². The standard InChI is InChI=1S/C19H19ClO6/c1-10-7-15-19(2,26-15)6-4-3-5-11(21)8-12-16(18(24)25-10)13(22)9-14(23)17(12)20/h3-6,9-10,15,22-23H,7-8H2,1-2H3/b5-3+,6-4+/t10-,15-,19+/m1/s1. The number of benzene rings is 1. The first-order valence-corrected chi connectivity index (χ1v) is 8.60. The van der Waals surface area contributed by atoms with Crippen LogP contribution in [-0.2, 0) is 20.7 Å². The summed E-state index contributed by atoms with van der Waals surface area (Å²) in [5, 5.41) is 19.8. The number of ketones is 1. The average Bonchev–Trinajstić information content (AvgIpc) is 3.17. The fourth-order valence-electron chi connectivity index (χ4n) is 3.01. The number of hydrogen-bond acceptors (Lipinski definition) is 6. The summed E-state index contributed by atoms with van der Waals surface area (Å²) in [7, 11) is 0. The molecule has 0 aromatic heterocycles. The number of carbonyl (C=O) groups is 2. The van der Waals surface area contributed by atoms with E-state index in [2.05, 4.69) is 0 Å². The summed E-state index contributed by atoms with van der Waals surface area (Å²) in [6.45, 7) is 3.63. The summed E-state index contributed by atoms with van der Waals surface area (Å²) < 4.78 is 11.0. The molecule has 26 heavy (non-hydrogen) atoms. The number of rotatable bonds is 0. The summed E-state index contributed by atoms with van der Waals surface area (Å²) in [6.07, 6.45) is 6.12. The van der Waals surface area contributed by atoms with E-state index in [1.807, 2.05) is 13.0 Å². The molecule has 2 aliphatic rings. The van der Waals surface area contributed by atoms with E-state index in [1.54, 1.807) is 19.1 Å². The Hall–Kier alpha value is -2.31. The number of phenols is 2. The molecule has 0 radical (unpaired) electrons. The molecule has 0 amide bonds. The van der Waals surface area contributed by atoms with Crippen molar-refractivity contribution in [1.82, 2.24) is 0 Å². The summed E-state index contributed by atoms with van der Waals surface area (Å²) in [5.41, 5.74) is -0.633. The monoisotopic (exact) mass is 378 g/mol. The van der Waals surface area contributed by atoms with Crippen molar-refractivity contribution in [1.29, 1.82) is 0 Å². The lowest BCUT2D eigenvalue weighted by molar-refractivity contribution is -0.114. The molecule has 1 aromatic carbocycles. The SMILES string of the molecule is C[C@@H]1C[C@H]2O[C@@]2(C)/C=C/C=C/C(=O)Cc2c(Cl)c(O)cc(O)c2C(=O)O1. The minimum absolute atomic E-state index is 0.0320. The lowest BCUT2D eigenvalue weighted by Crippen LogP contribution is -2.21. The number of carbonyl (C=O) groups excluding carboxylic acids is 2. The Morgan fingerprint density at radius 3 is 2.69 bits per heavy atom. The molecule has 138 valence electrons. The van der Waals surface area contributed by atoms with Crippen LogP contribution in [0.25, 0.3) is 0 Å². The van der Waals surface area contributed by atoms with E-state index >= 15 is 0 Å². The first-order chi connectivity index (χ1) is 12.2. The number of halogens is 1. The Morgan fingerprint density at radius 2 is 1.96 bits per heavy atom. The largest absolute Gasteiger partial charge is 0.507 e. The molecule has 1 aromatic rings. The number of ether oxygens (including phenoxy) is 2. The lowest BCUT2D eigenvalue weighted by Gasteiger charge is -2.17. The maximum absolute atomic E-state index is 12.6. The highest BCUT2D eigenvalue weighted by Crippen LogP contribution is 2.41. The molecule has 6 nitrogen and oxygen atoms in total. The van der Waals surface area contributed by atoms with E-state index in [4.69, 9.17) is 21.1 Å². The van der Waals surface area contributed by atoms with E-state index in [0.29, 0.717) is 6.42 Å². The van der Waals surface area contributed by atoms with Crippen LogP contribution in [0.5, 0.6) is 11.5 Å². The van der Waals surface area contributed by atoms with Crippen molar-refractivity contribution in [2.24, 2.45) is 0 Å². The normalized spacial score (nSPS) is 31.2. The second-order valence-electron chi connectivity index (χ2n) is 6.69. The van der Waals surface area contributed by atoms with Gasteiger partial charge in [-0.25, -0.2) is 4.79 Å². The maximum atomic E-state index is 12.6. The van der Waals surface area contributed by atoms with Crippen LogP contribution in [0.15, 0.2) is 30.4 Å². The molecule has 0 aliphatic carbocycles. The third-order valence-corrected chi connectivity index (χ3v) is 4.95. The fraction of sp³-hybridized carbons (Fsp3) is 0.368. The smallest absolute Gasteiger partial charge is 0.342 e. The van der Waals surface area contributed by atoms with Gasteiger partial charge in [0, 0.05) is 24.5 Å². The van der Waals surface area contributed by atoms with Gasteiger partial charge in [0.15, 0.2) is 5.78 Å². The Kier molecular flexibility index (Phi) is 4.82. The molecule has 0 spiro atoms. The number of esters is 1. The molecule has 2 aliphatic heterocycles. The molecular formula is C19H19ClO6. The molecule has 0 bridgehead atoms. The number of fused-ring (bicyclic) bond motifs is 2. The highest BCUT2D eigenvalue weighted by molar-refractivity contribution is 6.33. The minimum Gasteiger partial charge on any atom is -0.507 e. The van der Waals surface area contributed by atoms with Crippen LogP contribution in [0.4, 0.5) is 0 Å². The predicted molar refractivity (Wildman–Crippen MR) is 94.5 cm³/mol. The van der Waals surface area contributed by atoms with Crippen molar-refractivity contribution in [3.63, 3.8) is 0 Å². The number of phenolic OH excluding ortho intramolecular Hbond substituents is 2. The van der Waals surface area contributed by atoms with Gasteiger partial charge in [-0.15, -0.1) is 0 Å². The molecule has 1 saturated heterocycles. The Morgan fingerprint density at radius 1 is 1.23 bits per heavy atom. The molecule has 2 heterocycles. The van der Waals surface area contributed by atoms with Crippen LogP contribution >= 0.6 is 11.6 Å². The quantitative estimate of drug-likeness (QED) is 0.532. The minimum atomic E-state index is -0.807. The molecule has 1 fully saturated rings. The van der Waals surface area contributed by atoms with Crippen molar-refractivity contribution < 1.29 is 29.3 Å².